The Morgan fingerprint density at radius 2 is 1.88 bits per heavy atom. The van der Waals surface area contributed by atoms with Crippen LogP contribution in [0, 0.1) is 11.8 Å². The highest BCUT2D eigenvalue weighted by Crippen LogP contribution is 2.28. The molecule has 2 aromatic carbocycles. The topological polar surface area (TPSA) is 89.5 Å². The Kier molecular flexibility index (Phi) is 10.6. The first-order valence-electron chi connectivity index (χ1n) is 12.8. The molecule has 0 atom stereocenters. The normalized spacial score (nSPS) is 11.3. The number of ketones is 1. The zero-order valence-electron chi connectivity index (χ0n) is 23.5. The smallest absolute Gasteiger partial charge is 0.180 e. The fraction of sp³-hybridized carbons (Fsp3) is 0.323. The highest BCUT2D eigenvalue weighted by Gasteiger charge is 2.23. The van der Waals surface area contributed by atoms with Crippen LogP contribution >= 0.6 is 11.6 Å². The summed E-state index contributed by atoms with van der Waals surface area (Å²) in [5.74, 6) is 7.22. The zero-order valence-corrected chi connectivity index (χ0v) is 25.1. The van der Waals surface area contributed by atoms with E-state index in [9.17, 15) is 13.2 Å². The molecule has 0 unspecified atom stereocenters. The molecule has 0 fully saturated rings. The Hall–Kier alpha value is -3.51. The number of hydrogen-bond acceptors (Lipinski definition) is 7. The van der Waals surface area contributed by atoms with Crippen molar-refractivity contribution < 1.29 is 17.9 Å². The van der Waals surface area contributed by atoms with Gasteiger partial charge in [0.15, 0.2) is 15.6 Å². The number of rotatable bonds is 11. The fourth-order valence-corrected chi connectivity index (χ4v) is 5.44. The molecule has 0 aliphatic heterocycles. The zero-order chi connectivity index (χ0) is 29.4. The minimum atomic E-state index is -3.49. The minimum Gasteiger partial charge on any atom is -0.496 e. The van der Waals surface area contributed by atoms with Gasteiger partial charge in [-0.15, -0.1) is 0 Å². The summed E-state index contributed by atoms with van der Waals surface area (Å²) in [5, 5.41) is -0.216. The summed E-state index contributed by atoms with van der Waals surface area (Å²) in [6, 6.07) is 10.6. The van der Waals surface area contributed by atoms with E-state index in [2.05, 4.69) is 23.4 Å². The van der Waals surface area contributed by atoms with Crippen molar-refractivity contribution in [2.24, 2.45) is 0 Å². The van der Waals surface area contributed by atoms with Crippen LogP contribution in [0.5, 0.6) is 5.75 Å². The van der Waals surface area contributed by atoms with E-state index in [4.69, 9.17) is 21.3 Å². The first-order valence-corrected chi connectivity index (χ1v) is 14.7. The van der Waals surface area contributed by atoms with Crippen LogP contribution in [-0.2, 0) is 33.9 Å². The van der Waals surface area contributed by atoms with Crippen LogP contribution in [0.25, 0.3) is 0 Å². The number of benzene rings is 2. The van der Waals surface area contributed by atoms with Gasteiger partial charge in [-0.1, -0.05) is 48.2 Å². The molecule has 0 saturated carbocycles. The van der Waals surface area contributed by atoms with Gasteiger partial charge < -0.3 is 4.74 Å². The van der Waals surface area contributed by atoms with E-state index < -0.39 is 15.1 Å². The molecule has 9 heteroatoms. The molecule has 0 amide bonds. The molecule has 3 aromatic rings. The van der Waals surface area contributed by atoms with Crippen LogP contribution in [0.1, 0.15) is 47.6 Å². The number of carbonyl (C=O) groups excluding carboxylic acids is 1. The first kappa shape index (κ1) is 31.0. The number of halogens is 1. The molecule has 7 nitrogen and oxygen atoms in total. The van der Waals surface area contributed by atoms with E-state index in [1.54, 1.807) is 45.2 Å². The Bertz CT molecular complexity index is 1570. The third-order valence-electron chi connectivity index (χ3n) is 6.19. The molecule has 0 spiro atoms. The van der Waals surface area contributed by atoms with Crippen LogP contribution in [0.2, 0.25) is 5.02 Å². The van der Waals surface area contributed by atoms with E-state index in [-0.39, 0.29) is 23.5 Å². The molecule has 0 N–H and O–H groups in total. The summed E-state index contributed by atoms with van der Waals surface area (Å²) in [6.45, 7) is 7.48. The van der Waals surface area contributed by atoms with Gasteiger partial charge in [0.1, 0.15) is 11.6 Å². The highest BCUT2D eigenvalue weighted by molar-refractivity contribution is 7.92. The van der Waals surface area contributed by atoms with Crippen LogP contribution < -0.4 is 4.74 Å². The monoisotopic (exact) mass is 579 g/mol. The molecule has 0 bridgehead atoms. The lowest BCUT2D eigenvalue weighted by Crippen LogP contribution is -2.16. The quantitative estimate of drug-likeness (QED) is 0.240. The third-order valence-corrected chi connectivity index (χ3v) is 8.76. The van der Waals surface area contributed by atoms with Gasteiger partial charge in [-0.2, -0.15) is 0 Å². The van der Waals surface area contributed by atoms with Crippen molar-refractivity contribution in [3.05, 3.63) is 94.0 Å². The van der Waals surface area contributed by atoms with Crippen molar-refractivity contribution in [3.63, 3.8) is 0 Å². The predicted molar refractivity (Wildman–Crippen MR) is 159 cm³/mol. The Balaban J connectivity index is 2.01. The largest absolute Gasteiger partial charge is 0.496 e. The van der Waals surface area contributed by atoms with Crippen molar-refractivity contribution >= 4 is 27.2 Å². The number of hydrogen-bond donors (Lipinski definition) is 0. The molecule has 0 radical (unpaired) electrons. The van der Waals surface area contributed by atoms with Crippen molar-refractivity contribution in [2.45, 2.75) is 43.3 Å². The molecule has 210 valence electrons. The van der Waals surface area contributed by atoms with Crippen LogP contribution in [0.3, 0.4) is 0 Å². The lowest BCUT2D eigenvalue weighted by molar-refractivity contribution is -0.114. The predicted octanol–water partition coefficient (Wildman–Crippen LogP) is 4.71. The SMILES string of the molecule is C=CC(=O)Cc1cc(Cc2ncc(Cl)c(Cc3ccccc3S(=O)(=O)C(C)C)n2)c(OC)cc1C#CCN(C)C. The van der Waals surface area contributed by atoms with E-state index in [0.29, 0.717) is 46.4 Å². The molecule has 1 heterocycles. The van der Waals surface area contributed by atoms with Gasteiger partial charge in [0.2, 0.25) is 0 Å². The van der Waals surface area contributed by atoms with Crippen molar-refractivity contribution in [1.82, 2.24) is 14.9 Å². The summed E-state index contributed by atoms with van der Waals surface area (Å²) in [6.07, 6.45) is 3.51. The molecule has 3 rings (SSSR count). The molecule has 0 aliphatic carbocycles. The molecule has 1 aromatic heterocycles. The van der Waals surface area contributed by atoms with Crippen LogP contribution in [0.15, 0.2) is 60.1 Å². The Morgan fingerprint density at radius 3 is 2.52 bits per heavy atom. The molecular weight excluding hydrogens is 546 g/mol. The van der Waals surface area contributed by atoms with Gasteiger partial charge in [0.05, 0.1) is 34.5 Å². The number of aromatic nitrogens is 2. The maximum absolute atomic E-state index is 12.9. The summed E-state index contributed by atoms with van der Waals surface area (Å²) in [7, 11) is 1.95. The maximum Gasteiger partial charge on any atom is 0.180 e. The number of nitrogens with zero attached hydrogens (tertiary/aromatic N) is 3. The van der Waals surface area contributed by atoms with Crippen molar-refractivity contribution in [3.8, 4) is 17.6 Å². The highest BCUT2D eigenvalue weighted by atomic mass is 35.5. The first-order chi connectivity index (χ1) is 19.0. The second-order valence-corrected chi connectivity index (χ2v) is 12.7. The summed E-state index contributed by atoms with van der Waals surface area (Å²) < 4.78 is 31.5. The van der Waals surface area contributed by atoms with Crippen molar-refractivity contribution in [1.29, 1.82) is 0 Å². The Labute approximate surface area is 242 Å². The van der Waals surface area contributed by atoms with Crippen LogP contribution in [0.4, 0.5) is 0 Å². The van der Waals surface area contributed by atoms with Gasteiger partial charge in [-0.05, 0) is 63.3 Å². The minimum absolute atomic E-state index is 0.119. The number of ether oxygens (including phenoxy) is 1. The van der Waals surface area contributed by atoms with Gasteiger partial charge in [0.25, 0.3) is 0 Å². The molecule has 0 saturated heterocycles. The summed E-state index contributed by atoms with van der Waals surface area (Å²) in [4.78, 5) is 23.6. The number of methoxy groups -OCH3 is 1. The van der Waals surface area contributed by atoms with E-state index >= 15 is 0 Å². The molecular formula is C31H34ClN3O4S. The van der Waals surface area contributed by atoms with Gasteiger partial charge in [-0.25, -0.2) is 18.4 Å². The molecule has 0 aliphatic rings. The van der Waals surface area contributed by atoms with Crippen molar-refractivity contribution in [2.75, 3.05) is 27.7 Å². The second kappa shape index (κ2) is 13.7. The van der Waals surface area contributed by atoms with E-state index in [1.165, 1.54) is 12.3 Å². The van der Waals surface area contributed by atoms with Gasteiger partial charge >= 0.3 is 0 Å². The lowest BCUT2D eigenvalue weighted by atomic mass is 9.97. The summed E-state index contributed by atoms with van der Waals surface area (Å²) >= 11 is 6.46. The average Bonchev–Trinajstić information content (AvgIpc) is 2.91. The molecule has 40 heavy (non-hydrogen) atoms. The van der Waals surface area contributed by atoms with Gasteiger partial charge in [-0.3, -0.25) is 9.69 Å². The number of allylic oxidation sites excluding steroid dienone is 1. The maximum atomic E-state index is 12.9. The summed E-state index contributed by atoms with van der Waals surface area (Å²) in [5.41, 5.74) is 3.38. The van der Waals surface area contributed by atoms with Gasteiger partial charge in [0, 0.05) is 36.6 Å². The number of carbonyl (C=O) groups is 1. The Morgan fingerprint density at radius 1 is 1.15 bits per heavy atom. The average molecular weight is 580 g/mol. The second-order valence-electron chi connectivity index (χ2n) is 9.84. The third kappa shape index (κ3) is 7.79. The fourth-order valence-electron chi connectivity index (χ4n) is 4.00. The standard InChI is InChI=1S/C31H34ClN3O4S/c1-7-26(36)16-24-15-25(29(39-6)18-22(24)12-10-14-35(4)5)19-31-33-20-27(32)28(34-31)17-23-11-8-9-13-30(23)40(37,38)21(2)3/h7-9,11,13,15,18,20-21H,1,14,16-17,19H2,2-6H3. The lowest BCUT2D eigenvalue weighted by Gasteiger charge is -2.15. The number of sulfone groups is 1. The van der Waals surface area contributed by atoms with Crippen LogP contribution in [-0.4, -0.2) is 62.1 Å². The van der Waals surface area contributed by atoms with E-state index in [1.807, 2.05) is 31.1 Å². The van der Waals surface area contributed by atoms with E-state index in [0.717, 1.165) is 11.1 Å².